The number of nitrogens with zero attached hydrogens (tertiary/aromatic N) is 2. The predicted octanol–water partition coefficient (Wildman–Crippen LogP) is 10.3. The third-order valence-electron chi connectivity index (χ3n) is 13.8. The van der Waals surface area contributed by atoms with Crippen LogP contribution in [0.15, 0.2) is 82.6 Å². The Morgan fingerprint density at radius 2 is 0.984 bits per heavy atom. The highest BCUT2D eigenvalue weighted by Gasteiger charge is 2.48. The molecule has 0 radical (unpaired) electrons. The number of likely N-dealkylation sites (tertiary alicyclic amines) is 2. The topological polar surface area (TPSA) is 117 Å². The van der Waals surface area contributed by atoms with Gasteiger partial charge in [-0.1, -0.05) is 73.1 Å². The highest BCUT2D eigenvalue weighted by Crippen LogP contribution is 2.46. The minimum atomic E-state index is -3.36. The molecule has 6 unspecified atom stereocenters. The van der Waals surface area contributed by atoms with Crippen molar-refractivity contribution in [2.45, 2.75) is 123 Å². The van der Waals surface area contributed by atoms with E-state index in [1.807, 2.05) is 12.1 Å². The average Bonchev–Trinajstić information content (AvgIpc) is 3.79. The molecule has 0 saturated carbocycles. The van der Waals surface area contributed by atoms with Crippen molar-refractivity contribution in [3.63, 3.8) is 0 Å². The van der Waals surface area contributed by atoms with Crippen molar-refractivity contribution >= 4 is 66.1 Å². The van der Waals surface area contributed by atoms with Crippen LogP contribution in [0.2, 0.25) is 20.1 Å². The van der Waals surface area contributed by atoms with E-state index in [-0.39, 0.29) is 45.2 Å². The molecule has 4 aliphatic rings. The summed E-state index contributed by atoms with van der Waals surface area (Å²) in [5, 5.41) is 2.35. The quantitative estimate of drug-likeness (QED) is 0.112. The van der Waals surface area contributed by atoms with Gasteiger partial charge in [-0.3, -0.25) is 9.80 Å². The maximum atomic E-state index is 12.2. The van der Waals surface area contributed by atoms with Gasteiger partial charge in [0, 0.05) is 67.9 Å². The second-order valence-electron chi connectivity index (χ2n) is 18.5. The van der Waals surface area contributed by atoms with E-state index in [0.29, 0.717) is 44.4 Å². The van der Waals surface area contributed by atoms with E-state index in [9.17, 15) is 16.8 Å². The lowest BCUT2D eigenvalue weighted by Gasteiger charge is -2.51. The maximum Gasteiger partial charge on any atom is 0.175 e. The van der Waals surface area contributed by atoms with Crippen molar-refractivity contribution in [3.05, 3.63) is 115 Å². The fraction of sp³-hybridized carbons (Fsp3) is 0.500. The number of rotatable bonds is 15. The molecule has 2 fully saturated rings. The average molecular weight is 993 g/mol. The number of nitrogens with one attached hydrogen (secondary N) is 2. The molecule has 0 bridgehead atoms. The number of fused-ring (bicyclic) bond motifs is 2. The third kappa shape index (κ3) is 10.3. The van der Waals surface area contributed by atoms with Crippen LogP contribution in [0.1, 0.15) is 99.7 Å². The van der Waals surface area contributed by atoms with E-state index >= 15 is 0 Å². The molecule has 0 aromatic heterocycles. The Morgan fingerprint density at radius 1 is 0.609 bits per heavy atom. The first-order chi connectivity index (χ1) is 30.4. The van der Waals surface area contributed by atoms with Crippen LogP contribution in [0.5, 0.6) is 11.5 Å². The molecule has 10 nitrogen and oxygen atoms in total. The van der Waals surface area contributed by atoms with Gasteiger partial charge in [-0.2, -0.15) is 0 Å². The maximum absolute atomic E-state index is 12.2. The molecule has 16 heteroatoms. The molecule has 2 aliphatic carbocycles. The first-order valence-corrected chi connectivity index (χ1v) is 27.6. The van der Waals surface area contributed by atoms with Gasteiger partial charge in [-0.15, -0.1) is 0 Å². The van der Waals surface area contributed by atoms with Crippen molar-refractivity contribution in [2.75, 3.05) is 38.7 Å². The summed E-state index contributed by atoms with van der Waals surface area (Å²) in [5.74, 6) is 1.17. The largest absolute Gasteiger partial charge is 0.484 e. The van der Waals surface area contributed by atoms with Gasteiger partial charge in [0.25, 0.3) is 0 Å². The molecule has 4 aromatic carbocycles. The molecule has 8 rings (SSSR count). The van der Waals surface area contributed by atoms with Gasteiger partial charge in [0.1, 0.15) is 23.7 Å². The normalized spacial score (nSPS) is 26.4. The van der Waals surface area contributed by atoms with Crippen LogP contribution < -0.4 is 20.3 Å². The van der Waals surface area contributed by atoms with Crippen LogP contribution in [0.25, 0.3) is 0 Å². The number of piperidine rings is 2. The highest BCUT2D eigenvalue weighted by molar-refractivity contribution is 7.91. The molecule has 0 spiro atoms. The Balaban J connectivity index is 1.03. The fourth-order valence-corrected chi connectivity index (χ4v) is 13.3. The van der Waals surface area contributed by atoms with E-state index in [4.69, 9.17) is 55.9 Å². The number of ether oxygens (including phenoxy) is 2. The van der Waals surface area contributed by atoms with Crippen molar-refractivity contribution in [2.24, 2.45) is 0 Å². The SMILES string of the molecule is CCCC1(NNC2(CCC)CCCN(C3Cc4c(Cl)cc(Cl)cc4C3Oc3ccc(S(C)(=O)=O)cc3)C2)CCCN(C2Cc3c(Cl)cc(Cl)cc3C2Oc2ccc(S(C)(=O)=O)cc2)C1. The van der Waals surface area contributed by atoms with Gasteiger partial charge in [-0.25, -0.2) is 27.7 Å². The first kappa shape index (κ1) is 47.9. The summed E-state index contributed by atoms with van der Waals surface area (Å²) in [7, 11) is -6.72. The molecular weight excluding hydrogens is 934 g/mol. The smallest absolute Gasteiger partial charge is 0.175 e. The van der Waals surface area contributed by atoms with E-state index in [1.165, 1.54) is 12.5 Å². The van der Waals surface area contributed by atoms with Crippen LogP contribution in [0.3, 0.4) is 0 Å². The monoisotopic (exact) mass is 990 g/mol. The number of halogens is 4. The fourth-order valence-electron chi connectivity index (χ4n) is 10.8. The summed E-state index contributed by atoms with van der Waals surface area (Å²) >= 11 is 27.0. The Hall–Kier alpha value is -2.62. The number of hydrazine groups is 1. The Bertz CT molecular complexity index is 2380. The number of hydrogen-bond donors (Lipinski definition) is 2. The van der Waals surface area contributed by atoms with Crippen LogP contribution >= 0.6 is 46.4 Å². The molecule has 64 heavy (non-hydrogen) atoms. The third-order valence-corrected chi connectivity index (χ3v) is 17.1. The summed E-state index contributed by atoms with van der Waals surface area (Å²) in [4.78, 5) is 5.60. The van der Waals surface area contributed by atoms with E-state index in [1.54, 1.807) is 60.7 Å². The Morgan fingerprint density at radius 3 is 1.33 bits per heavy atom. The molecule has 4 aromatic rings. The van der Waals surface area contributed by atoms with Crippen molar-refractivity contribution in [1.29, 1.82) is 0 Å². The van der Waals surface area contributed by atoms with Crippen LogP contribution in [-0.4, -0.2) is 88.5 Å². The van der Waals surface area contributed by atoms with E-state index in [0.717, 1.165) is 99.8 Å². The van der Waals surface area contributed by atoms with Gasteiger partial charge in [0.2, 0.25) is 0 Å². The highest BCUT2D eigenvalue weighted by atomic mass is 35.5. The minimum absolute atomic E-state index is 0.0301. The molecule has 2 heterocycles. The summed E-state index contributed by atoms with van der Waals surface area (Å²) in [6, 6.07) is 20.7. The van der Waals surface area contributed by atoms with Crippen LogP contribution in [-0.2, 0) is 32.5 Å². The zero-order chi connectivity index (χ0) is 45.6. The first-order valence-electron chi connectivity index (χ1n) is 22.3. The molecule has 2 saturated heterocycles. The lowest BCUT2D eigenvalue weighted by molar-refractivity contribution is -0.00455. The molecule has 2 N–H and O–H groups in total. The Kier molecular flexibility index (Phi) is 14.3. The lowest BCUT2D eigenvalue weighted by Crippen LogP contribution is -2.70. The van der Waals surface area contributed by atoms with Crippen LogP contribution in [0, 0.1) is 0 Å². The van der Waals surface area contributed by atoms with E-state index in [2.05, 4.69) is 34.5 Å². The second kappa shape index (κ2) is 19.2. The van der Waals surface area contributed by atoms with Crippen molar-refractivity contribution < 1.29 is 26.3 Å². The summed E-state index contributed by atoms with van der Waals surface area (Å²) < 4.78 is 62.5. The second-order valence-corrected chi connectivity index (χ2v) is 24.2. The summed E-state index contributed by atoms with van der Waals surface area (Å²) in [6.07, 6.45) is 11.0. The standard InChI is InChI=1S/C48H58Cl4N4O6S2/c1-5-17-47(19-7-21-55(29-47)43-27-37-39(23-31(49)25-41(37)51)45(43)61-33-9-13-35(14-10-33)63(3,57)58)53-54-48(18-6-2)20-8-22-56(30-48)44-28-38-40(24-32(50)26-42(38)52)46(44)62-34-11-15-36(16-12-34)64(4,59)60/h9-16,23-26,43-46,53-54H,5-8,17-22,27-30H2,1-4H3. The number of benzene rings is 4. The molecule has 346 valence electrons. The van der Waals surface area contributed by atoms with Gasteiger partial charge in [0.15, 0.2) is 19.7 Å². The molecular formula is C48H58Cl4N4O6S2. The summed E-state index contributed by atoms with van der Waals surface area (Å²) in [5.41, 5.74) is 11.6. The molecule has 2 aliphatic heterocycles. The van der Waals surface area contributed by atoms with E-state index < -0.39 is 19.7 Å². The summed E-state index contributed by atoms with van der Waals surface area (Å²) in [6.45, 7) is 7.87. The van der Waals surface area contributed by atoms with Gasteiger partial charge >= 0.3 is 0 Å². The minimum Gasteiger partial charge on any atom is -0.484 e. The van der Waals surface area contributed by atoms with Gasteiger partial charge in [0.05, 0.1) is 21.9 Å². The molecule has 0 amide bonds. The number of sulfone groups is 2. The van der Waals surface area contributed by atoms with Crippen molar-refractivity contribution in [1.82, 2.24) is 20.7 Å². The van der Waals surface area contributed by atoms with Gasteiger partial charge in [-0.05, 0) is 148 Å². The Labute approximate surface area is 399 Å². The number of hydrogen-bond acceptors (Lipinski definition) is 10. The lowest BCUT2D eigenvalue weighted by atomic mass is 9.82. The zero-order valence-corrected chi connectivity index (χ0v) is 41.5. The zero-order valence-electron chi connectivity index (χ0n) is 36.8. The molecule has 6 atom stereocenters. The van der Waals surface area contributed by atoms with Crippen molar-refractivity contribution in [3.8, 4) is 11.5 Å². The van der Waals surface area contributed by atoms with Gasteiger partial charge < -0.3 is 9.47 Å². The predicted molar refractivity (Wildman–Crippen MR) is 257 cm³/mol. The van der Waals surface area contributed by atoms with Crippen LogP contribution in [0.4, 0.5) is 0 Å².